The maximum atomic E-state index is 4.94. The third-order valence-electron chi connectivity index (χ3n) is 0.979. The van der Waals surface area contributed by atoms with Crippen LogP contribution in [0.25, 0.3) is 0 Å². The summed E-state index contributed by atoms with van der Waals surface area (Å²) < 4.78 is 9.61. The van der Waals surface area contributed by atoms with E-state index in [9.17, 15) is 0 Å². The van der Waals surface area contributed by atoms with Gasteiger partial charge in [0.05, 0.1) is 6.61 Å². The first-order valence-electron chi connectivity index (χ1n) is 3.34. The Bertz CT molecular complexity index is 40.2. The number of ether oxygens (including phenoxy) is 2. The number of hydrogen-bond acceptors (Lipinski definition) is 2. The number of unbranched alkanes of at least 4 members (excludes halogenated alkanes) is 2. The summed E-state index contributed by atoms with van der Waals surface area (Å²) in [5, 5.41) is 0. The fraction of sp³-hybridized carbons (Fsp3) is 0.857. The molecule has 0 N–H and O–H groups in total. The Balaban J connectivity index is 2.60. The van der Waals surface area contributed by atoms with Crippen molar-refractivity contribution in [2.45, 2.75) is 26.2 Å². The second-order valence-electron chi connectivity index (χ2n) is 1.88. The third-order valence-corrected chi connectivity index (χ3v) is 0.979. The van der Waals surface area contributed by atoms with Crippen LogP contribution >= 0.6 is 0 Å². The van der Waals surface area contributed by atoms with Gasteiger partial charge in [0.25, 0.3) is 0 Å². The van der Waals surface area contributed by atoms with Gasteiger partial charge in [-0.15, -0.1) is 0 Å². The van der Waals surface area contributed by atoms with E-state index in [1.54, 1.807) is 13.7 Å². The first-order chi connectivity index (χ1) is 4.41. The summed E-state index contributed by atoms with van der Waals surface area (Å²) in [4.78, 5) is 0. The molecule has 0 amide bonds. The maximum absolute atomic E-state index is 4.94. The highest BCUT2D eigenvalue weighted by Gasteiger charge is 1.85. The fourth-order valence-corrected chi connectivity index (χ4v) is 0.487. The van der Waals surface area contributed by atoms with Gasteiger partial charge in [-0.1, -0.05) is 19.8 Å². The molecule has 0 aromatic heterocycles. The predicted molar refractivity (Wildman–Crippen MR) is 36.8 cm³/mol. The lowest BCUT2D eigenvalue weighted by molar-refractivity contribution is -0.00293. The molecule has 0 rings (SSSR count). The van der Waals surface area contributed by atoms with Crippen molar-refractivity contribution in [3.8, 4) is 0 Å². The first-order valence-corrected chi connectivity index (χ1v) is 3.34. The Morgan fingerprint density at radius 1 is 1.44 bits per heavy atom. The quantitative estimate of drug-likeness (QED) is 0.405. The molecule has 0 aliphatic carbocycles. The number of hydrogen-bond donors (Lipinski definition) is 0. The van der Waals surface area contributed by atoms with Crippen LogP contribution in [-0.2, 0) is 9.47 Å². The zero-order valence-electron chi connectivity index (χ0n) is 6.22. The molecule has 0 aliphatic heterocycles. The topological polar surface area (TPSA) is 18.5 Å². The van der Waals surface area contributed by atoms with Gasteiger partial charge in [-0.2, -0.15) is 0 Å². The predicted octanol–water partition coefficient (Wildman–Crippen LogP) is 1.96. The van der Waals surface area contributed by atoms with Crippen molar-refractivity contribution in [1.29, 1.82) is 0 Å². The number of rotatable bonds is 6. The van der Waals surface area contributed by atoms with Crippen LogP contribution in [0.15, 0.2) is 0 Å². The monoisotopic (exact) mass is 131 g/mol. The molecule has 0 spiro atoms. The molecule has 0 atom stereocenters. The lowest BCUT2D eigenvalue weighted by atomic mass is 10.3. The van der Waals surface area contributed by atoms with Crippen LogP contribution in [0.2, 0.25) is 0 Å². The molecule has 0 aromatic carbocycles. The molecule has 0 aliphatic rings. The van der Waals surface area contributed by atoms with E-state index in [0.717, 1.165) is 6.42 Å². The zero-order chi connectivity index (χ0) is 6.95. The molecule has 0 heterocycles. The summed E-state index contributed by atoms with van der Waals surface area (Å²) in [5.74, 6) is 0. The van der Waals surface area contributed by atoms with E-state index >= 15 is 0 Å². The lowest BCUT2D eigenvalue weighted by Crippen LogP contribution is -1.92. The molecular weight excluding hydrogens is 116 g/mol. The first kappa shape index (κ1) is 8.92. The summed E-state index contributed by atoms with van der Waals surface area (Å²) in [7, 11) is 1.62. The summed E-state index contributed by atoms with van der Waals surface area (Å²) in [6.07, 6.45) is 3.44. The van der Waals surface area contributed by atoms with Crippen LogP contribution in [0.1, 0.15) is 26.2 Å². The van der Waals surface area contributed by atoms with Gasteiger partial charge in [0.2, 0.25) is 0 Å². The average molecular weight is 131 g/mol. The molecule has 0 unspecified atom stereocenters. The SMILES string of the molecule is CCCC[CH]OCOC. The molecule has 55 valence electrons. The summed E-state index contributed by atoms with van der Waals surface area (Å²) in [6.45, 7) is 4.33. The Hall–Kier alpha value is -0.0800. The van der Waals surface area contributed by atoms with E-state index in [4.69, 9.17) is 4.74 Å². The van der Waals surface area contributed by atoms with Crippen LogP contribution in [0, 0.1) is 6.61 Å². The second kappa shape index (κ2) is 7.92. The van der Waals surface area contributed by atoms with Gasteiger partial charge in [-0.05, 0) is 6.42 Å². The molecular formula is C7H15O2. The van der Waals surface area contributed by atoms with Crippen LogP contribution in [0.3, 0.4) is 0 Å². The van der Waals surface area contributed by atoms with E-state index < -0.39 is 0 Å². The van der Waals surface area contributed by atoms with Gasteiger partial charge in [0, 0.05) is 7.11 Å². The summed E-state index contributed by atoms with van der Waals surface area (Å²) in [6, 6.07) is 0. The summed E-state index contributed by atoms with van der Waals surface area (Å²) >= 11 is 0. The van der Waals surface area contributed by atoms with Crippen LogP contribution in [-0.4, -0.2) is 13.9 Å². The Morgan fingerprint density at radius 2 is 2.22 bits per heavy atom. The second-order valence-corrected chi connectivity index (χ2v) is 1.88. The standard InChI is InChI=1S/C7H15O2/c1-3-4-5-6-9-7-8-2/h6H,3-5,7H2,1-2H3. The van der Waals surface area contributed by atoms with Crippen LogP contribution < -0.4 is 0 Å². The Morgan fingerprint density at radius 3 is 2.78 bits per heavy atom. The highest BCUT2D eigenvalue weighted by molar-refractivity contribution is 4.47. The largest absolute Gasteiger partial charge is 0.359 e. The van der Waals surface area contributed by atoms with Crippen LogP contribution in [0.4, 0.5) is 0 Å². The van der Waals surface area contributed by atoms with Gasteiger partial charge in [0.15, 0.2) is 0 Å². The molecule has 0 bridgehead atoms. The minimum Gasteiger partial charge on any atom is -0.359 e. The maximum Gasteiger partial charge on any atom is 0.146 e. The average Bonchev–Trinajstić information content (AvgIpc) is 1.89. The van der Waals surface area contributed by atoms with Crippen molar-refractivity contribution in [3.63, 3.8) is 0 Å². The molecule has 0 fully saturated rings. The molecule has 9 heavy (non-hydrogen) atoms. The molecule has 0 aromatic rings. The van der Waals surface area contributed by atoms with Gasteiger partial charge in [-0.3, -0.25) is 0 Å². The van der Waals surface area contributed by atoms with E-state index in [1.165, 1.54) is 12.8 Å². The minimum absolute atomic E-state index is 0.379. The molecule has 0 saturated heterocycles. The smallest absolute Gasteiger partial charge is 0.146 e. The van der Waals surface area contributed by atoms with Gasteiger partial charge >= 0.3 is 0 Å². The van der Waals surface area contributed by atoms with Crippen LogP contribution in [0.5, 0.6) is 0 Å². The van der Waals surface area contributed by atoms with Gasteiger partial charge in [0.1, 0.15) is 6.79 Å². The van der Waals surface area contributed by atoms with E-state index in [2.05, 4.69) is 11.7 Å². The minimum atomic E-state index is 0.379. The molecule has 2 heteroatoms. The van der Waals surface area contributed by atoms with Crippen molar-refractivity contribution in [3.05, 3.63) is 6.61 Å². The van der Waals surface area contributed by atoms with Crippen molar-refractivity contribution in [2.75, 3.05) is 13.9 Å². The van der Waals surface area contributed by atoms with Crippen molar-refractivity contribution >= 4 is 0 Å². The van der Waals surface area contributed by atoms with E-state index in [0.29, 0.717) is 6.79 Å². The van der Waals surface area contributed by atoms with Crippen molar-refractivity contribution in [2.24, 2.45) is 0 Å². The van der Waals surface area contributed by atoms with Gasteiger partial charge < -0.3 is 9.47 Å². The number of methoxy groups -OCH3 is 1. The highest BCUT2D eigenvalue weighted by Crippen LogP contribution is 1.97. The molecule has 2 nitrogen and oxygen atoms in total. The lowest BCUT2D eigenvalue weighted by Gasteiger charge is -1.98. The molecule has 1 radical (unpaired) electrons. The van der Waals surface area contributed by atoms with Crippen molar-refractivity contribution in [1.82, 2.24) is 0 Å². The highest BCUT2D eigenvalue weighted by atomic mass is 16.7. The van der Waals surface area contributed by atoms with E-state index in [-0.39, 0.29) is 0 Å². The Kier molecular flexibility index (Phi) is 7.85. The third kappa shape index (κ3) is 7.92. The summed E-state index contributed by atoms with van der Waals surface area (Å²) in [5.41, 5.74) is 0. The molecule has 0 saturated carbocycles. The van der Waals surface area contributed by atoms with E-state index in [1.807, 2.05) is 0 Å². The normalized spacial score (nSPS) is 10.0. The van der Waals surface area contributed by atoms with Gasteiger partial charge in [-0.25, -0.2) is 0 Å². The fourth-order valence-electron chi connectivity index (χ4n) is 0.487. The van der Waals surface area contributed by atoms with Crippen molar-refractivity contribution < 1.29 is 9.47 Å². The zero-order valence-corrected chi connectivity index (χ0v) is 6.22. The Labute approximate surface area is 57.2 Å².